The Morgan fingerprint density at radius 3 is 1.89 bits per heavy atom. The van der Waals surface area contributed by atoms with Crippen LogP contribution in [-0.2, 0) is 52.5 Å². The van der Waals surface area contributed by atoms with Gasteiger partial charge in [0.05, 0.1) is 13.2 Å². The number of carbonyl (C=O) groups is 6. The number of carbonyl (C=O) groups excluding carboxylic acids is 6. The van der Waals surface area contributed by atoms with Crippen LogP contribution >= 0.6 is 0 Å². The third kappa shape index (κ3) is 9.64. The minimum atomic E-state index is -1.13. The molecule has 1 heterocycles. The van der Waals surface area contributed by atoms with Crippen molar-refractivity contribution in [1.82, 2.24) is 10.6 Å². The van der Waals surface area contributed by atoms with Crippen molar-refractivity contribution in [3.8, 4) is 0 Å². The summed E-state index contributed by atoms with van der Waals surface area (Å²) < 4.78 is 26.3. The Hall–Kier alpha value is -3.48. The SMILES string of the molecule is COC(=O)[C@H](C)NC(=O)[C@H](C)NC(=O)/C=C/C[C@@H]1O[C@@H](C)[C@@H](OC(C)=O)[C@@H](OC(C)=O)[C@@H]1OC(C)=O. The third-order valence-electron chi connectivity index (χ3n) is 5.08. The van der Waals surface area contributed by atoms with Gasteiger partial charge in [0.15, 0.2) is 18.3 Å². The van der Waals surface area contributed by atoms with Crippen LogP contribution in [0.4, 0.5) is 0 Å². The second-order valence-corrected chi connectivity index (χ2v) is 8.22. The van der Waals surface area contributed by atoms with E-state index in [4.69, 9.17) is 18.9 Å². The van der Waals surface area contributed by atoms with E-state index >= 15 is 0 Å². The smallest absolute Gasteiger partial charge is 0.328 e. The van der Waals surface area contributed by atoms with Crippen LogP contribution in [-0.4, -0.2) is 85.4 Å². The zero-order valence-electron chi connectivity index (χ0n) is 21.4. The van der Waals surface area contributed by atoms with Gasteiger partial charge in [0.1, 0.15) is 18.2 Å². The normalized spacial score (nSPS) is 25.1. The van der Waals surface area contributed by atoms with Crippen molar-refractivity contribution in [2.75, 3.05) is 7.11 Å². The Balaban J connectivity index is 2.90. The van der Waals surface area contributed by atoms with E-state index in [2.05, 4.69) is 15.4 Å². The van der Waals surface area contributed by atoms with E-state index in [0.29, 0.717) is 0 Å². The summed E-state index contributed by atoms with van der Waals surface area (Å²) >= 11 is 0. The molecule has 0 aliphatic carbocycles. The van der Waals surface area contributed by atoms with Crippen molar-refractivity contribution in [3.63, 3.8) is 0 Å². The lowest BCUT2D eigenvalue weighted by Gasteiger charge is -2.43. The molecule has 0 radical (unpaired) electrons. The largest absolute Gasteiger partial charge is 0.467 e. The molecule has 0 saturated carbocycles. The van der Waals surface area contributed by atoms with Crippen LogP contribution < -0.4 is 10.6 Å². The molecule has 1 aliphatic rings. The number of amides is 2. The van der Waals surface area contributed by atoms with Crippen LogP contribution in [0.3, 0.4) is 0 Å². The minimum Gasteiger partial charge on any atom is -0.467 e. The summed E-state index contributed by atoms with van der Waals surface area (Å²) in [4.78, 5) is 70.8. The first-order valence-corrected chi connectivity index (χ1v) is 11.3. The molecule has 2 amide bonds. The highest BCUT2D eigenvalue weighted by Crippen LogP contribution is 2.30. The quantitative estimate of drug-likeness (QED) is 0.223. The lowest BCUT2D eigenvalue weighted by atomic mass is 9.93. The standard InChI is InChI=1S/C23H34N2O11/c1-11(22(30)25-12(2)23(31)32-7)24-18(29)10-8-9-17-20(35-15(5)27)21(36-16(6)28)19(13(3)33-17)34-14(4)26/h8,10-13,17,19-21H,9H2,1-7H3,(H,24,29)(H,25,30)/b10-8+/t11-,12-,13-,17-,19+,20+,21+/m0/s1. The van der Waals surface area contributed by atoms with Gasteiger partial charge in [0, 0.05) is 20.8 Å². The van der Waals surface area contributed by atoms with Gasteiger partial charge in [-0.25, -0.2) is 4.79 Å². The minimum absolute atomic E-state index is 0.0558. The number of hydrogen-bond donors (Lipinski definition) is 2. The fourth-order valence-electron chi connectivity index (χ4n) is 3.51. The first kappa shape index (κ1) is 30.6. The van der Waals surface area contributed by atoms with Gasteiger partial charge in [-0.2, -0.15) is 0 Å². The Kier molecular flexibility index (Phi) is 12.0. The molecule has 0 aromatic heterocycles. The third-order valence-corrected chi connectivity index (χ3v) is 5.08. The first-order chi connectivity index (χ1) is 16.8. The molecule has 1 rings (SSSR count). The Morgan fingerprint density at radius 1 is 0.833 bits per heavy atom. The maximum absolute atomic E-state index is 12.3. The zero-order chi connectivity index (χ0) is 27.6. The molecule has 7 atom stereocenters. The molecule has 13 nitrogen and oxygen atoms in total. The average Bonchev–Trinajstić information content (AvgIpc) is 2.76. The Labute approximate surface area is 209 Å². The summed E-state index contributed by atoms with van der Waals surface area (Å²) in [6.07, 6.45) is -2.20. The van der Waals surface area contributed by atoms with Crippen LogP contribution in [0, 0.1) is 0 Å². The second-order valence-electron chi connectivity index (χ2n) is 8.22. The molecule has 0 unspecified atom stereocenters. The van der Waals surface area contributed by atoms with E-state index < -0.39 is 78.3 Å². The first-order valence-electron chi connectivity index (χ1n) is 11.3. The summed E-state index contributed by atoms with van der Waals surface area (Å²) in [5.41, 5.74) is 0. The number of rotatable bonds is 10. The average molecular weight is 515 g/mol. The fourth-order valence-corrected chi connectivity index (χ4v) is 3.51. The predicted molar refractivity (Wildman–Crippen MR) is 122 cm³/mol. The van der Waals surface area contributed by atoms with Gasteiger partial charge in [-0.1, -0.05) is 6.08 Å². The molecule has 2 N–H and O–H groups in total. The summed E-state index contributed by atoms with van der Waals surface area (Å²) in [7, 11) is 1.19. The molecule has 1 fully saturated rings. The van der Waals surface area contributed by atoms with E-state index in [-0.39, 0.29) is 6.42 Å². The molecule has 0 spiro atoms. The predicted octanol–water partition coefficient (Wildman–Crippen LogP) is -0.302. The Morgan fingerprint density at radius 2 is 1.36 bits per heavy atom. The lowest BCUT2D eigenvalue weighted by Crippen LogP contribution is -2.60. The zero-order valence-corrected chi connectivity index (χ0v) is 21.4. The molecule has 202 valence electrons. The van der Waals surface area contributed by atoms with Gasteiger partial charge in [0.25, 0.3) is 0 Å². The molecule has 0 aromatic carbocycles. The van der Waals surface area contributed by atoms with Gasteiger partial charge < -0.3 is 34.3 Å². The molecule has 36 heavy (non-hydrogen) atoms. The van der Waals surface area contributed by atoms with Gasteiger partial charge >= 0.3 is 23.9 Å². The van der Waals surface area contributed by atoms with Gasteiger partial charge in [-0.3, -0.25) is 24.0 Å². The maximum Gasteiger partial charge on any atom is 0.328 e. The van der Waals surface area contributed by atoms with E-state index in [9.17, 15) is 28.8 Å². The highest BCUT2D eigenvalue weighted by molar-refractivity contribution is 5.93. The number of ether oxygens (including phenoxy) is 5. The van der Waals surface area contributed by atoms with Crippen molar-refractivity contribution in [1.29, 1.82) is 0 Å². The van der Waals surface area contributed by atoms with Crippen LogP contribution in [0.1, 0.15) is 48.0 Å². The lowest BCUT2D eigenvalue weighted by molar-refractivity contribution is -0.242. The summed E-state index contributed by atoms with van der Waals surface area (Å²) in [5, 5.41) is 4.86. The molecular weight excluding hydrogens is 480 g/mol. The van der Waals surface area contributed by atoms with Crippen LogP contribution in [0.5, 0.6) is 0 Å². The summed E-state index contributed by atoms with van der Waals surface area (Å²) in [6.45, 7) is 8.00. The molecule has 0 bridgehead atoms. The molecule has 1 saturated heterocycles. The van der Waals surface area contributed by atoms with E-state index in [1.54, 1.807) is 6.92 Å². The Bertz CT molecular complexity index is 872. The maximum atomic E-state index is 12.3. The summed E-state index contributed by atoms with van der Waals surface area (Å²) in [6, 6.07) is -1.84. The fraction of sp³-hybridized carbons (Fsp3) is 0.652. The number of nitrogens with one attached hydrogen (secondary N) is 2. The second kappa shape index (κ2) is 14.2. The monoisotopic (exact) mass is 514 g/mol. The van der Waals surface area contributed by atoms with Crippen molar-refractivity contribution in [2.24, 2.45) is 0 Å². The van der Waals surface area contributed by atoms with Gasteiger partial charge in [-0.15, -0.1) is 0 Å². The van der Waals surface area contributed by atoms with E-state index in [1.165, 1.54) is 34.0 Å². The summed E-state index contributed by atoms with van der Waals surface area (Å²) in [5.74, 6) is -3.81. The molecule has 1 aliphatic heterocycles. The number of esters is 4. The topological polar surface area (TPSA) is 173 Å². The van der Waals surface area contributed by atoms with E-state index in [1.807, 2.05) is 0 Å². The highest BCUT2D eigenvalue weighted by Gasteiger charge is 2.49. The van der Waals surface area contributed by atoms with Crippen molar-refractivity contribution in [2.45, 2.75) is 90.6 Å². The highest BCUT2D eigenvalue weighted by atomic mass is 16.6. The van der Waals surface area contributed by atoms with Crippen LogP contribution in [0.25, 0.3) is 0 Å². The van der Waals surface area contributed by atoms with Gasteiger partial charge in [0.2, 0.25) is 11.8 Å². The number of hydrogen-bond acceptors (Lipinski definition) is 11. The van der Waals surface area contributed by atoms with Gasteiger partial charge in [-0.05, 0) is 33.3 Å². The van der Waals surface area contributed by atoms with Crippen molar-refractivity contribution in [3.05, 3.63) is 12.2 Å². The van der Waals surface area contributed by atoms with Crippen LogP contribution in [0.2, 0.25) is 0 Å². The van der Waals surface area contributed by atoms with Crippen molar-refractivity contribution < 1.29 is 52.5 Å². The van der Waals surface area contributed by atoms with E-state index in [0.717, 1.165) is 19.9 Å². The molecular formula is C23H34N2O11. The van der Waals surface area contributed by atoms with Crippen LogP contribution in [0.15, 0.2) is 12.2 Å². The molecule has 13 heteroatoms. The molecule has 0 aromatic rings. The number of methoxy groups -OCH3 is 1. The van der Waals surface area contributed by atoms with Crippen molar-refractivity contribution >= 4 is 35.7 Å².